The summed E-state index contributed by atoms with van der Waals surface area (Å²) in [4.78, 5) is 11.8. The van der Waals surface area contributed by atoms with Gasteiger partial charge in [-0.05, 0) is 24.8 Å². The highest BCUT2D eigenvalue weighted by Gasteiger charge is 2.17. The first-order valence-corrected chi connectivity index (χ1v) is 6.61. The third-order valence-electron chi connectivity index (χ3n) is 2.20. The van der Waals surface area contributed by atoms with Crippen molar-refractivity contribution >= 4 is 17.7 Å². The third kappa shape index (κ3) is 3.85. The van der Waals surface area contributed by atoms with Gasteiger partial charge in [-0.2, -0.15) is 11.8 Å². The van der Waals surface area contributed by atoms with E-state index < -0.39 is 5.91 Å². The number of phenols is 2. The van der Waals surface area contributed by atoms with Crippen LogP contribution in [-0.4, -0.2) is 33.7 Å². The summed E-state index contributed by atoms with van der Waals surface area (Å²) < 4.78 is 0. The number of thioether (sulfide) groups is 1. The molecule has 17 heavy (non-hydrogen) atoms. The molecule has 94 valence electrons. The first-order chi connectivity index (χ1) is 8.06. The molecule has 1 amide bonds. The zero-order chi connectivity index (χ0) is 12.8. The lowest BCUT2D eigenvalue weighted by molar-refractivity contribution is 0.0938. The molecule has 0 spiro atoms. The summed E-state index contributed by atoms with van der Waals surface area (Å²) in [6, 6.07) is 4.23. The predicted octanol–water partition coefficient (Wildman–Crippen LogP) is 1.97. The quantitative estimate of drug-likeness (QED) is 0.752. The molecule has 3 N–H and O–H groups in total. The zero-order valence-electron chi connectivity index (χ0n) is 9.93. The maximum Gasteiger partial charge on any atom is 0.259 e. The fourth-order valence-electron chi connectivity index (χ4n) is 1.39. The van der Waals surface area contributed by atoms with Crippen LogP contribution in [0.2, 0.25) is 0 Å². The molecule has 1 aromatic rings. The Morgan fingerprint density at radius 1 is 1.41 bits per heavy atom. The van der Waals surface area contributed by atoms with Crippen molar-refractivity contribution in [3.8, 4) is 11.5 Å². The molecule has 4 nitrogen and oxygen atoms in total. The summed E-state index contributed by atoms with van der Waals surface area (Å²) >= 11 is 1.72. The fraction of sp³-hybridized carbons (Fsp3) is 0.417. The van der Waals surface area contributed by atoms with E-state index in [1.54, 1.807) is 11.8 Å². The molecule has 0 bridgehead atoms. The molecular formula is C12H17NO3S. The van der Waals surface area contributed by atoms with Crippen molar-refractivity contribution in [2.75, 3.05) is 11.5 Å². The minimum absolute atomic E-state index is 0.00791. The largest absolute Gasteiger partial charge is 0.507 e. The number of benzene rings is 1. The van der Waals surface area contributed by atoms with Crippen LogP contribution in [0.5, 0.6) is 11.5 Å². The van der Waals surface area contributed by atoms with Gasteiger partial charge in [0.05, 0.1) is 0 Å². The second-order valence-electron chi connectivity index (χ2n) is 3.71. The van der Waals surface area contributed by atoms with Gasteiger partial charge in [0.25, 0.3) is 5.91 Å². The molecule has 5 heteroatoms. The van der Waals surface area contributed by atoms with Gasteiger partial charge in [0, 0.05) is 11.8 Å². The molecule has 0 heterocycles. The number of phenolic OH excluding ortho intramolecular Hbond substituents is 2. The van der Waals surface area contributed by atoms with Gasteiger partial charge in [-0.1, -0.05) is 13.0 Å². The standard InChI is InChI=1S/C12H17NO3S/c1-3-17-7-8(2)13-12(16)11-9(14)5-4-6-10(11)15/h4-6,8,14-15H,3,7H2,1-2H3,(H,13,16). The lowest BCUT2D eigenvalue weighted by Gasteiger charge is -2.14. The topological polar surface area (TPSA) is 69.6 Å². The van der Waals surface area contributed by atoms with Crippen molar-refractivity contribution in [3.05, 3.63) is 23.8 Å². The van der Waals surface area contributed by atoms with Crippen LogP contribution in [0, 0.1) is 0 Å². The van der Waals surface area contributed by atoms with Crippen molar-refractivity contribution in [2.24, 2.45) is 0 Å². The van der Waals surface area contributed by atoms with Gasteiger partial charge >= 0.3 is 0 Å². The number of nitrogens with one attached hydrogen (secondary N) is 1. The molecule has 1 unspecified atom stereocenters. The first kappa shape index (κ1) is 13.7. The smallest absolute Gasteiger partial charge is 0.259 e. The van der Waals surface area contributed by atoms with Crippen LogP contribution in [0.1, 0.15) is 24.2 Å². The summed E-state index contributed by atoms with van der Waals surface area (Å²) in [6.45, 7) is 3.94. The number of rotatable bonds is 5. The molecule has 1 rings (SSSR count). The minimum Gasteiger partial charge on any atom is -0.507 e. The molecule has 0 saturated heterocycles. The van der Waals surface area contributed by atoms with Crippen LogP contribution in [0.15, 0.2) is 18.2 Å². The van der Waals surface area contributed by atoms with E-state index >= 15 is 0 Å². The SMILES string of the molecule is CCSCC(C)NC(=O)c1c(O)cccc1O. The Balaban J connectivity index is 2.70. The van der Waals surface area contributed by atoms with Crippen LogP contribution in [0.25, 0.3) is 0 Å². The zero-order valence-corrected chi connectivity index (χ0v) is 10.8. The maximum absolute atomic E-state index is 11.8. The monoisotopic (exact) mass is 255 g/mol. The van der Waals surface area contributed by atoms with E-state index in [2.05, 4.69) is 5.32 Å². The van der Waals surface area contributed by atoms with E-state index in [0.717, 1.165) is 11.5 Å². The summed E-state index contributed by atoms with van der Waals surface area (Å²) in [5, 5.41) is 21.8. The van der Waals surface area contributed by atoms with E-state index in [1.165, 1.54) is 18.2 Å². The molecule has 1 atom stereocenters. The highest BCUT2D eigenvalue weighted by molar-refractivity contribution is 7.99. The van der Waals surface area contributed by atoms with Crippen molar-refractivity contribution < 1.29 is 15.0 Å². The van der Waals surface area contributed by atoms with E-state index in [9.17, 15) is 15.0 Å². The number of hydrogen-bond acceptors (Lipinski definition) is 4. The molecule has 0 fully saturated rings. The molecule has 0 aliphatic carbocycles. The Bertz CT molecular complexity index is 375. The van der Waals surface area contributed by atoms with Crippen molar-refractivity contribution in [2.45, 2.75) is 19.9 Å². The van der Waals surface area contributed by atoms with Gasteiger partial charge in [-0.3, -0.25) is 4.79 Å². The molecule has 0 saturated carbocycles. The lowest BCUT2D eigenvalue weighted by Crippen LogP contribution is -2.34. The van der Waals surface area contributed by atoms with Crippen molar-refractivity contribution in [1.29, 1.82) is 0 Å². The highest BCUT2D eigenvalue weighted by atomic mass is 32.2. The van der Waals surface area contributed by atoms with Crippen molar-refractivity contribution in [1.82, 2.24) is 5.32 Å². The third-order valence-corrected chi connectivity index (χ3v) is 3.34. The van der Waals surface area contributed by atoms with Crippen LogP contribution in [0.4, 0.5) is 0 Å². The van der Waals surface area contributed by atoms with Crippen LogP contribution in [0.3, 0.4) is 0 Å². The van der Waals surface area contributed by atoms with E-state index in [1.807, 2.05) is 13.8 Å². The molecule has 0 aromatic heterocycles. The van der Waals surface area contributed by atoms with Gasteiger partial charge < -0.3 is 15.5 Å². The summed E-state index contributed by atoms with van der Waals surface area (Å²) in [6.07, 6.45) is 0. The Kier molecular flexibility index (Phi) is 5.15. The Morgan fingerprint density at radius 3 is 2.53 bits per heavy atom. The molecule has 0 radical (unpaired) electrons. The fourth-order valence-corrected chi connectivity index (χ4v) is 2.07. The van der Waals surface area contributed by atoms with Crippen molar-refractivity contribution in [3.63, 3.8) is 0 Å². The summed E-state index contributed by atoms with van der Waals surface area (Å²) in [5.41, 5.74) is -0.0687. The molecular weight excluding hydrogens is 238 g/mol. The van der Waals surface area contributed by atoms with Gasteiger partial charge in [0.15, 0.2) is 0 Å². The van der Waals surface area contributed by atoms with Gasteiger partial charge in [-0.15, -0.1) is 0 Å². The predicted molar refractivity (Wildman–Crippen MR) is 69.7 cm³/mol. The second-order valence-corrected chi connectivity index (χ2v) is 5.02. The van der Waals surface area contributed by atoms with Gasteiger partial charge in [0.2, 0.25) is 0 Å². The second kappa shape index (κ2) is 6.39. The van der Waals surface area contributed by atoms with Crippen LogP contribution >= 0.6 is 11.8 Å². The Morgan fingerprint density at radius 2 is 2.00 bits per heavy atom. The number of carbonyl (C=O) groups is 1. The average Bonchev–Trinajstić information content (AvgIpc) is 2.26. The van der Waals surface area contributed by atoms with Gasteiger partial charge in [0.1, 0.15) is 17.1 Å². The molecule has 1 aromatic carbocycles. The number of carbonyl (C=O) groups excluding carboxylic acids is 1. The highest BCUT2D eigenvalue weighted by Crippen LogP contribution is 2.25. The summed E-state index contributed by atoms with van der Waals surface area (Å²) in [7, 11) is 0. The maximum atomic E-state index is 11.8. The minimum atomic E-state index is -0.454. The molecule has 0 aliphatic rings. The van der Waals surface area contributed by atoms with E-state index in [4.69, 9.17) is 0 Å². The van der Waals surface area contributed by atoms with Gasteiger partial charge in [-0.25, -0.2) is 0 Å². The van der Waals surface area contributed by atoms with Crippen LogP contribution < -0.4 is 5.32 Å². The number of amides is 1. The summed E-state index contributed by atoms with van der Waals surface area (Å²) in [5.74, 6) is 0.916. The Labute approximate surface area is 105 Å². The Hall–Kier alpha value is -1.36. The lowest BCUT2D eigenvalue weighted by atomic mass is 10.1. The number of hydrogen-bond donors (Lipinski definition) is 3. The average molecular weight is 255 g/mol. The normalized spacial score (nSPS) is 12.1. The number of aromatic hydroxyl groups is 2. The first-order valence-electron chi connectivity index (χ1n) is 5.45. The molecule has 0 aliphatic heterocycles. The van der Waals surface area contributed by atoms with E-state index in [0.29, 0.717) is 0 Å². The van der Waals surface area contributed by atoms with E-state index in [-0.39, 0.29) is 23.1 Å². The van der Waals surface area contributed by atoms with Crippen LogP contribution in [-0.2, 0) is 0 Å².